The van der Waals surface area contributed by atoms with Crippen LogP contribution in [-0.2, 0) is 19.3 Å². The van der Waals surface area contributed by atoms with Crippen molar-refractivity contribution in [3.05, 3.63) is 60.2 Å². The third-order valence-corrected chi connectivity index (χ3v) is 6.72. The van der Waals surface area contributed by atoms with Crippen LogP contribution >= 0.6 is 11.8 Å². The van der Waals surface area contributed by atoms with Crippen molar-refractivity contribution < 1.29 is 14.4 Å². The second-order valence-electron chi connectivity index (χ2n) is 6.99. The number of hydrogen-bond acceptors (Lipinski definition) is 4. The molecule has 7 heteroatoms. The first kappa shape index (κ1) is 18.6. The normalized spacial score (nSPS) is 23.4. The SMILES string of the molecule is CC(=O)Nc1ccc(NC(=O)[C@H]2CS[C@@]3(c4ccccc4)CCC(=O)N23)cc1. The van der Waals surface area contributed by atoms with Crippen molar-refractivity contribution in [3.8, 4) is 0 Å². The van der Waals surface area contributed by atoms with Crippen LogP contribution in [0.4, 0.5) is 11.4 Å². The van der Waals surface area contributed by atoms with Crippen LogP contribution < -0.4 is 10.6 Å². The smallest absolute Gasteiger partial charge is 0.248 e. The molecule has 144 valence electrons. The maximum atomic E-state index is 13.0. The highest BCUT2D eigenvalue weighted by atomic mass is 32.2. The second-order valence-corrected chi connectivity index (χ2v) is 8.29. The van der Waals surface area contributed by atoms with Crippen LogP contribution in [0.25, 0.3) is 0 Å². The van der Waals surface area contributed by atoms with Crippen molar-refractivity contribution >= 4 is 40.9 Å². The van der Waals surface area contributed by atoms with Gasteiger partial charge >= 0.3 is 0 Å². The molecule has 2 aliphatic heterocycles. The maximum absolute atomic E-state index is 13.0. The molecule has 0 bridgehead atoms. The van der Waals surface area contributed by atoms with Crippen LogP contribution in [-0.4, -0.2) is 34.4 Å². The molecule has 2 N–H and O–H groups in total. The average molecular weight is 395 g/mol. The third-order valence-electron chi connectivity index (χ3n) is 5.13. The van der Waals surface area contributed by atoms with Gasteiger partial charge in [0.2, 0.25) is 17.7 Å². The van der Waals surface area contributed by atoms with Gasteiger partial charge in [-0.1, -0.05) is 30.3 Å². The Hall–Kier alpha value is -2.80. The zero-order chi connectivity index (χ0) is 19.7. The summed E-state index contributed by atoms with van der Waals surface area (Å²) >= 11 is 1.67. The monoisotopic (exact) mass is 395 g/mol. The Balaban J connectivity index is 1.52. The van der Waals surface area contributed by atoms with Gasteiger partial charge in [0, 0.05) is 30.5 Å². The molecule has 28 heavy (non-hydrogen) atoms. The van der Waals surface area contributed by atoms with E-state index in [1.165, 1.54) is 6.92 Å². The van der Waals surface area contributed by atoms with Crippen LogP contribution in [0.5, 0.6) is 0 Å². The van der Waals surface area contributed by atoms with Gasteiger partial charge in [0.15, 0.2) is 0 Å². The van der Waals surface area contributed by atoms with E-state index in [2.05, 4.69) is 10.6 Å². The molecule has 2 atom stereocenters. The average Bonchev–Trinajstić information content (AvgIpc) is 3.23. The number of fused-ring (bicyclic) bond motifs is 1. The van der Waals surface area contributed by atoms with Gasteiger partial charge in [-0.3, -0.25) is 14.4 Å². The zero-order valence-electron chi connectivity index (χ0n) is 15.5. The molecule has 0 radical (unpaired) electrons. The van der Waals surface area contributed by atoms with Crippen molar-refractivity contribution in [1.29, 1.82) is 0 Å². The van der Waals surface area contributed by atoms with E-state index in [0.29, 0.717) is 23.5 Å². The molecule has 2 saturated heterocycles. The predicted octanol–water partition coefficient (Wildman–Crippen LogP) is 3.17. The number of amides is 3. The number of nitrogens with zero attached hydrogens (tertiary/aromatic N) is 1. The van der Waals surface area contributed by atoms with Gasteiger partial charge in [0.25, 0.3) is 0 Å². The minimum atomic E-state index is -0.504. The predicted molar refractivity (Wildman–Crippen MR) is 110 cm³/mol. The molecule has 3 amide bonds. The number of anilines is 2. The topological polar surface area (TPSA) is 78.5 Å². The van der Waals surface area contributed by atoms with Crippen LogP contribution in [0, 0.1) is 0 Å². The number of hydrogen-bond donors (Lipinski definition) is 2. The number of carbonyl (C=O) groups is 3. The van der Waals surface area contributed by atoms with Gasteiger partial charge in [-0.25, -0.2) is 0 Å². The third kappa shape index (κ3) is 3.26. The van der Waals surface area contributed by atoms with E-state index >= 15 is 0 Å². The van der Waals surface area contributed by atoms with E-state index < -0.39 is 10.9 Å². The summed E-state index contributed by atoms with van der Waals surface area (Å²) in [5, 5.41) is 5.60. The second kappa shape index (κ2) is 7.31. The van der Waals surface area contributed by atoms with Crippen LogP contribution in [0.1, 0.15) is 25.3 Å². The molecular formula is C21H21N3O3S. The molecule has 0 saturated carbocycles. The highest BCUT2D eigenvalue weighted by molar-refractivity contribution is 8.00. The first-order valence-electron chi connectivity index (χ1n) is 9.20. The Bertz CT molecular complexity index is 916. The number of carbonyl (C=O) groups excluding carboxylic acids is 3. The van der Waals surface area contributed by atoms with Gasteiger partial charge in [0.1, 0.15) is 10.9 Å². The quantitative estimate of drug-likeness (QED) is 0.834. The summed E-state index contributed by atoms with van der Waals surface area (Å²) < 4.78 is 0. The van der Waals surface area contributed by atoms with Crippen molar-refractivity contribution in [2.45, 2.75) is 30.7 Å². The van der Waals surface area contributed by atoms with E-state index in [-0.39, 0.29) is 17.7 Å². The maximum Gasteiger partial charge on any atom is 0.248 e. The molecule has 4 rings (SSSR count). The molecule has 2 fully saturated rings. The summed E-state index contributed by atoms with van der Waals surface area (Å²) in [6.07, 6.45) is 1.17. The minimum absolute atomic E-state index is 0.0232. The highest BCUT2D eigenvalue weighted by Crippen LogP contribution is 2.54. The summed E-state index contributed by atoms with van der Waals surface area (Å²) in [7, 11) is 0. The fraction of sp³-hybridized carbons (Fsp3) is 0.286. The van der Waals surface area contributed by atoms with Crippen molar-refractivity contribution in [3.63, 3.8) is 0 Å². The van der Waals surface area contributed by atoms with Crippen LogP contribution in [0.15, 0.2) is 54.6 Å². The Morgan fingerprint density at radius 2 is 1.68 bits per heavy atom. The van der Waals surface area contributed by atoms with E-state index in [1.807, 2.05) is 30.3 Å². The van der Waals surface area contributed by atoms with Crippen molar-refractivity contribution in [1.82, 2.24) is 4.90 Å². The zero-order valence-corrected chi connectivity index (χ0v) is 16.3. The summed E-state index contributed by atoms with van der Waals surface area (Å²) in [5.74, 6) is 0.253. The van der Waals surface area contributed by atoms with Crippen molar-refractivity contribution in [2.75, 3.05) is 16.4 Å². The first-order chi connectivity index (χ1) is 13.5. The van der Waals surface area contributed by atoms with Gasteiger partial charge in [-0.05, 0) is 36.2 Å². The Morgan fingerprint density at radius 3 is 2.32 bits per heavy atom. The molecule has 0 spiro atoms. The van der Waals surface area contributed by atoms with E-state index in [0.717, 1.165) is 12.0 Å². The first-order valence-corrected chi connectivity index (χ1v) is 10.2. The van der Waals surface area contributed by atoms with Crippen LogP contribution in [0.2, 0.25) is 0 Å². The molecule has 0 aliphatic carbocycles. The molecular weight excluding hydrogens is 374 g/mol. The van der Waals surface area contributed by atoms with Gasteiger partial charge in [-0.15, -0.1) is 11.8 Å². The van der Waals surface area contributed by atoms with Gasteiger partial charge in [-0.2, -0.15) is 0 Å². The van der Waals surface area contributed by atoms with E-state index in [1.54, 1.807) is 40.9 Å². The molecule has 6 nitrogen and oxygen atoms in total. The summed E-state index contributed by atoms with van der Waals surface area (Å²) in [5.41, 5.74) is 2.37. The summed E-state index contributed by atoms with van der Waals surface area (Å²) in [4.78, 5) is 38.0. The molecule has 0 aromatic heterocycles. The lowest BCUT2D eigenvalue weighted by atomic mass is 10.0. The fourth-order valence-corrected chi connectivity index (χ4v) is 5.55. The minimum Gasteiger partial charge on any atom is -0.326 e. The number of rotatable bonds is 4. The summed E-state index contributed by atoms with van der Waals surface area (Å²) in [6.45, 7) is 1.44. The van der Waals surface area contributed by atoms with Crippen molar-refractivity contribution in [2.24, 2.45) is 0 Å². The van der Waals surface area contributed by atoms with Crippen LogP contribution in [0.3, 0.4) is 0 Å². The lowest BCUT2D eigenvalue weighted by Gasteiger charge is -2.34. The molecule has 2 heterocycles. The van der Waals surface area contributed by atoms with E-state index in [4.69, 9.17) is 0 Å². The molecule has 2 aliphatic rings. The fourth-order valence-electron chi connectivity index (χ4n) is 3.90. The molecule has 2 aromatic rings. The van der Waals surface area contributed by atoms with Gasteiger partial charge in [0.05, 0.1) is 0 Å². The number of thioether (sulfide) groups is 1. The van der Waals surface area contributed by atoms with E-state index in [9.17, 15) is 14.4 Å². The number of nitrogens with one attached hydrogen (secondary N) is 2. The lowest BCUT2D eigenvalue weighted by molar-refractivity contribution is -0.136. The largest absolute Gasteiger partial charge is 0.326 e. The Morgan fingerprint density at radius 1 is 1.04 bits per heavy atom. The lowest BCUT2D eigenvalue weighted by Crippen LogP contribution is -2.48. The number of benzene rings is 2. The highest BCUT2D eigenvalue weighted by Gasteiger charge is 2.56. The molecule has 2 aromatic carbocycles. The Labute approximate surface area is 167 Å². The van der Waals surface area contributed by atoms with Gasteiger partial charge < -0.3 is 15.5 Å². The standard InChI is InChI=1S/C21H21N3O3S/c1-14(25)22-16-7-9-17(10-8-16)23-20(27)18-13-28-21(12-11-19(26)24(18)21)15-5-3-2-4-6-15/h2-10,18H,11-13H2,1H3,(H,22,25)(H,23,27)/t18-,21-/m1/s1. The summed E-state index contributed by atoms with van der Waals surface area (Å²) in [6, 6.07) is 16.4. The molecule has 0 unspecified atom stereocenters. The Kier molecular flexibility index (Phi) is 4.85.